The summed E-state index contributed by atoms with van der Waals surface area (Å²) < 4.78 is 0. The van der Waals surface area contributed by atoms with Crippen LogP contribution in [0.3, 0.4) is 0 Å². The fourth-order valence-electron chi connectivity index (χ4n) is 2.02. The van der Waals surface area contributed by atoms with Crippen LogP contribution < -0.4 is 16.2 Å². The highest BCUT2D eigenvalue weighted by Gasteiger charge is 2.27. The van der Waals surface area contributed by atoms with Gasteiger partial charge in [-0.05, 0) is 19.3 Å². The van der Waals surface area contributed by atoms with Crippen LogP contribution in [-0.4, -0.2) is 34.8 Å². The average molecular weight is 265 g/mol. The SMILES string of the molecule is CCCCN(CCO)c1cc(NN)nc(C2CC2)n1. The Bertz CT molecular complexity index is 408. The van der Waals surface area contributed by atoms with Gasteiger partial charge >= 0.3 is 0 Å². The van der Waals surface area contributed by atoms with Gasteiger partial charge in [0.2, 0.25) is 0 Å². The van der Waals surface area contributed by atoms with Crippen LogP contribution in [0.15, 0.2) is 6.07 Å². The standard InChI is InChI=1S/C13H23N5O/c1-2-3-6-18(7-8-19)12-9-11(17-14)15-13(16-12)10-4-5-10/h9-10,19H,2-8,14H2,1H3,(H,15,16,17). The maximum absolute atomic E-state index is 9.19. The molecule has 6 heteroatoms. The molecular weight excluding hydrogens is 242 g/mol. The largest absolute Gasteiger partial charge is 0.395 e. The van der Waals surface area contributed by atoms with E-state index in [1.165, 1.54) is 0 Å². The van der Waals surface area contributed by atoms with Crippen molar-refractivity contribution in [3.63, 3.8) is 0 Å². The summed E-state index contributed by atoms with van der Waals surface area (Å²) in [5.74, 6) is 8.32. The summed E-state index contributed by atoms with van der Waals surface area (Å²) in [5.41, 5.74) is 2.60. The lowest BCUT2D eigenvalue weighted by molar-refractivity contribution is 0.301. The zero-order valence-electron chi connectivity index (χ0n) is 11.5. The van der Waals surface area contributed by atoms with Crippen molar-refractivity contribution in [2.45, 2.75) is 38.5 Å². The number of aliphatic hydroxyl groups is 1. The number of hydrogen-bond donors (Lipinski definition) is 3. The Morgan fingerprint density at radius 1 is 1.42 bits per heavy atom. The lowest BCUT2D eigenvalue weighted by Crippen LogP contribution is -2.29. The minimum absolute atomic E-state index is 0.123. The summed E-state index contributed by atoms with van der Waals surface area (Å²) in [6.45, 7) is 3.75. The number of hydrazine groups is 1. The maximum atomic E-state index is 9.19. The molecule has 0 radical (unpaired) electrons. The number of anilines is 2. The third-order valence-corrected chi connectivity index (χ3v) is 3.30. The van der Waals surface area contributed by atoms with E-state index < -0.39 is 0 Å². The molecule has 0 saturated heterocycles. The van der Waals surface area contributed by atoms with Gasteiger partial charge in [0.25, 0.3) is 0 Å². The van der Waals surface area contributed by atoms with Crippen LogP contribution in [0.5, 0.6) is 0 Å². The third-order valence-electron chi connectivity index (χ3n) is 3.30. The first-order valence-electron chi connectivity index (χ1n) is 7.00. The fourth-order valence-corrected chi connectivity index (χ4v) is 2.02. The topological polar surface area (TPSA) is 87.3 Å². The zero-order valence-corrected chi connectivity index (χ0v) is 11.5. The molecule has 4 N–H and O–H groups in total. The van der Waals surface area contributed by atoms with Crippen LogP contribution in [-0.2, 0) is 0 Å². The van der Waals surface area contributed by atoms with Crippen molar-refractivity contribution in [3.8, 4) is 0 Å². The van der Waals surface area contributed by atoms with Crippen LogP contribution in [0.2, 0.25) is 0 Å². The first-order chi connectivity index (χ1) is 9.28. The molecule has 1 aliphatic rings. The summed E-state index contributed by atoms with van der Waals surface area (Å²) in [5, 5.41) is 9.19. The number of hydrogen-bond acceptors (Lipinski definition) is 6. The number of nitrogens with one attached hydrogen (secondary N) is 1. The van der Waals surface area contributed by atoms with Gasteiger partial charge in [-0.3, -0.25) is 0 Å². The highest BCUT2D eigenvalue weighted by molar-refractivity contribution is 5.49. The van der Waals surface area contributed by atoms with E-state index in [0.29, 0.717) is 18.3 Å². The predicted octanol–water partition coefficient (Wildman–Crippen LogP) is 1.24. The Morgan fingerprint density at radius 3 is 2.79 bits per heavy atom. The Balaban J connectivity index is 2.20. The van der Waals surface area contributed by atoms with Gasteiger partial charge in [0.1, 0.15) is 17.5 Å². The van der Waals surface area contributed by atoms with Gasteiger partial charge in [-0.1, -0.05) is 13.3 Å². The Labute approximate surface area is 114 Å². The van der Waals surface area contributed by atoms with Gasteiger partial charge in [-0.15, -0.1) is 0 Å². The van der Waals surface area contributed by atoms with Crippen molar-refractivity contribution < 1.29 is 5.11 Å². The monoisotopic (exact) mass is 265 g/mol. The molecule has 1 aromatic rings. The van der Waals surface area contributed by atoms with Gasteiger partial charge < -0.3 is 15.4 Å². The Kier molecular flexibility index (Phi) is 4.93. The Hall–Kier alpha value is -1.40. The minimum atomic E-state index is 0.123. The maximum Gasteiger partial charge on any atom is 0.145 e. The molecule has 1 aliphatic carbocycles. The second-order valence-corrected chi connectivity index (χ2v) is 4.95. The fraction of sp³-hybridized carbons (Fsp3) is 0.692. The normalized spacial score (nSPS) is 14.5. The lowest BCUT2D eigenvalue weighted by atomic mass is 10.3. The quantitative estimate of drug-likeness (QED) is 0.484. The minimum Gasteiger partial charge on any atom is -0.395 e. The molecule has 19 heavy (non-hydrogen) atoms. The van der Waals surface area contributed by atoms with Gasteiger partial charge in [0, 0.05) is 25.1 Å². The molecule has 6 nitrogen and oxygen atoms in total. The zero-order chi connectivity index (χ0) is 13.7. The molecule has 0 spiro atoms. The molecule has 0 atom stereocenters. The number of aliphatic hydroxyl groups excluding tert-OH is 1. The molecule has 2 rings (SSSR count). The highest BCUT2D eigenvalue weighted by atomic mass is 16.3. The van der Waals surface area contributed by atoms with E-state index in [-0.39, 0.29) is 6.61 Å². The van der Waals surface area contributed by atoms with Gasteiger partial charge in [0.15, 0.2) is 0 Å². The van der Waals surface area contributed by atoms with Crippen molar-refractivity contribution in [2.24, 2.45) is 5.84 Å². The molecule has 1 fully saturated rings. The summed E-state index contributed by atoms with van der Waals surface area (Å²) >= 11 is 0. The number of nitrogens with zero attached hydrogens (tertiary/aromatic N) is 3. The summed E-state index contributed by atoms with van der Waals surface area (Å²) in [4.78, 5) is 11.1. The van der Waals surface area contributed by atoms with Crippen LogP contribution in [0.1, 0.15) is 44.3 Å². The molecule has 106 valence electrons. The molecule has 0 aromatic carbocycles. The number of nitrogens with two attached hydrogens (primary N) is 1. The van der Waals surface area contributed by atoms with E-state index in [1.54, 1.807) is 0 Å². The molecule has 0 unspecified atom stereocenters. The Morgan fingerprint density at radius 2 is 2.21 bits per heavy atom. The van der Waals surface area contributed by atoms with Crippen molar-refractivity contribution in [2.75, 3.05) is 30.0 Å². The van der Waals surface area contributed by atoms with Crippen LogP contribution >= 0.6 is 0 Å². The molecule has 0 bridgehead atoms. The lowest BCUT2D eigenvalue weighted by Gasteiger charge is -2.23. The van der Waals surface area contributed by atoms with E-state index in [1.807, 2.05) is 6.07 Å². The smallest absolute Gasteiger partial charge is 0.145 e. The van der Waals surface area contributed by atoms with E-state index in [2.05, 4.69) is 27.2 Å². The first-order valence-corrected chi connectivity index (χ1v) is 7.00. The number of rotatable bonds is 8. The van der Waals surface area contributed by atoms with E-state index >= 15 is 0 Å². The van der Waals surface area contributed by atoms with Crippen molar-refractivity contribution in [1.82, 2.24) is 9.97 Å². The molecule has 0 amide bonds. The third kappa shape index (κ3) is 3.78. The summed E-state index contributed by atoms with van der Waals surface area (Å²) in [7, 11) is 0. The summed E-state index contributed by atoms with van der Waals surface area (Å²) in [6, 6.07) is 1.84. The second kappa shape index (κ2) is 6.68. The first kappa shape index (κ1) is 14.0. The summed E-state index contributed by atoms with van der Waals surface area (Å²) in [6.07, 6.45) is 4.50. The second-order valence-electron chi connectivity index (χ2n) is 4.95. The molecule has 1 heterocycles. The molecular formula is C13H23N5O. The van der Waals surface area contributed by atoms with E-state index in [9.17, 15) is 5.11 Å². The van der Waals surface area contributed by atoms with Gasteiger partial charge in [0.05, 0.1) is 6.61 Å². The van der Waals surface area contributed by atoms with Crippen molar-refractivity contribution >= 4 is 11.6 Å². The molecule has 1 aromatic heterocycles. The predicted molar refractivity (Wildman–Crippen MR) is 76.0 cm³/mol. The van der Waals surface area contributed by atoms with Gasteiger partial charge in [-0.25, -0.2) is 15.8 Å². The van der Waals surface area contributed by atoms with E-state index in [4.69, 9.17) is 5.84 Å². The van der Waals surface area contributed by atoms with Crippen LogP contribution in [0, 0.1) is 0 Å². The average Bonchev–Trinajstić information content (AvgIpc) is 3.27. The van der Waals surface area contributed by atoms with E-state index in [0.717, 1.165) is 43.9 Å². The molecule has 0 aliphatic heterocycles. The van der Waals surface area contributed by atoms with Crippen molar-refractivity contribution in [1.29, 1.82) is 0 Å². The number of aromatic nitrogens is 2. The number of nitrogen functional groups attached to an aromatic ring is 1. The number of unbranched alkanes of at least 4 members (excludes halogenated alkanes) is 1. The van der Waals surface area contributed by atoms with Gasteiger partial charge in [-0.2, -0.15) is 0 Å². The highest BCUT2D eigenvalue weighted by Crippen LogP contribution is 2.39. The van der Waals surface area contributed by atoms with Crippen LogP contribution in [0.4, 0.5) is 11.6 Å². The van der Waals surface area contributed by atoms with Crippen LogP contribution in [0.25, 0.3) is 0 Å². The van der Waals surface area contributed by atoms with Crippen molar-refractivity contribution in [3.05, 3.63) is 11.9 Å². The molecule has 1 saturated carbocycles.